The first kappa shape index (κ1) is 38.8. The molecule has 7 unspecified atom stereocenters. The minimum atomic E-state index is -1.25. The number of amides is 2. The topological polar surface area (TPSA) is 140 Å². The molecule has 2 aromatic carbocycles. The smallest absolute Gasteiger partial charge is 0.347 e. The fraction of sp³-hybridized carbons (Fsp3) is 0.500. The molecule has 48 heavy (non-hydrogen) atoms. The molecule has 3 N–H and O–H groups in total. The first-order valence-corrected chi connectivity index (χ1v) is 16.8. The van der Waals surface area contributed by atoms with Crippen molar-refractivity contribution in [2.24, 2.45) is 17.3 Å². The van der Waals surface area contributed by atoms with Gasteiger partial charge < -0.3 is 30.0 Å². The number of esters is 2. The second-order valence-corrected chi connectivity index (χ2v) is 14.2. The number of alkyl halides is 1. The minimum absolute atomic E-state index is 0.0212. The molecule has 7 atom stereocenters. The summed E-state index contributed by atoms with van der Waals surface area (Å²) >= 11 is 13.0. The maximum atomic E-state index is 13.6. The first-order valence-electron chi connectivity index (χ1n) is 15.9. The maximum absolute atomic E-state index is 13.6. The number of methoxy groups -OCH3 is 1. The summed E-state index contributed by atoms with van der Waals surface area (Å²) in [5.74, 6) is -3.65. The van der Waals surface area contributed by atoms with Crippen LogP contribution in [0.15, 0.2) is 60.7 Å². The number of rotatable bonds is 8. The summed E-state index contributed by atoms with van der Waals surface area (Å²) in [7, 11) is 1.49. The summed E-state index contributed by atoms with van der Waals surface area (Å²) < 4.78 is 16.8. The van der Waals surface area contributed by atoms with Crippen molar-refractivity contribution in [3.63, 3.8) is 0 Å². The molecule has 0 saturated carbocycles. The Labute approximate surface area is 292 Å². The van der Waals surface area contributed by atoms with Gasteiger partial charge in [0.1, 0.15) is 17.9 Å². The number of benzene rings is 2. The predicted molar refractivity (Wildman–Crippen MR) is 184 cm³/mol. The summed E-state index contributed by atoms with van der Waals surface area (Å²) in [6.07, 6.45) is -0.322. The highest BCUT2D eigenvalue weighted by Crippen LogP contribution is 2.32. The summed E-state index contributed by atoms with van der Waals surface area (Å²) in [5, 5.41) is 16.2. The second kappa shape index (κ2) is 17.7. The number of aliphatic hydroxyl groups excluding tert-OH is 1. The average Bonchev–Trinajstić information content (AvgIpc) is 3.04. The molecule has 0 fully saturated rings. The summed E-state index contributed by atoms with van der Waals surface area (Å²) in [6, 6.07) is 13.0. The molecule has 10 nitrogen and oxygen atoms in total. The standard InChI is InChI=1S/C36H46Cl2N2O8/c1-21-20-39-33(43)26(18-23-15-16-28(46-6)25(37)17-23)40-30(41)14-10-13-27(22(2)32(42)31(38)24-11-8-7-9-12-24)47-35(45)29(48-34(21)44)19-36(3,4)5/h7-12,14-17,21-22,26-27,29,31-32,42H,13,18-20H2,1-6H3,(H,39,43)(H,40,41). The van der Waals surface area contributed by atoms with Gasteiger partial charge in [-0.3, -0.25) is 14.4 Å². The van der Waals surface area contributed by atoms with Crippen LogP contribution in [0.5, 0.6) is 5.75 Å². The Hall–Kier alpha value is -3.60. The van der Waals surface area contributed by atoms with Crippen molar-refractivity contribution in [3.05, 3.63) is 76.8 Å². The second-order valence-electron chi connectivity index (χ2n) is 13.3. The van der Waals surface area contributed by atoms with Gasteiger partial charge in [0.05, 0.1) is 29.5 Å². The molecule has 2 aromatic rings. The van der Waals surface area contributed by atoms with E-state index in [1.165, 1.54) is 19.3 Å². The van der Waals surface area contributed by atoms with Crippen LogP contribution in [-0.2, 0) is 35.1 Å². The van der Waals surface area contributed by atoms with E-state index in [4.69, 9.17) is 37.4 Å². The van der Waals surface area contributed by atoms with Crippen LogP contribution < -0.4 is 15.4 Å². The van der Waals surface area contributed by atoms with Crippen molar-refractivity contribution in [2.45, 2.75) is 83.6 Å². The number of nitrogens with one attached hydrogen (secondary N) is 2. The lowest BCUT2D eigenvalue weighted by molar-refractivity contribution is -0.178. The van der Waals surface area contributed by atoms with Crippen LogP contribution in [-0.4, -0.2) is 66.9 Å². The molecule has 0 saturated heterocycles. The number of hydrogen-bond donors (Lipinski definition) is 3. The van der Waals surface area contributed by atoms with Gasteiger partial charge in [-0.15, -0.1) is 11.6 Å². The molecule has 0 bridgehead atoms. The van der Waals surface area contributed by atoms with Crippen molar-refractivity contribution >= 4 is 47.0 Å². The zero-order valence-corrected chi connectivity index (χ0v) is 29.7. The van der Waals surface area contributed by atoms with Crippen LogP contribution in [0, 0.1) is 17.3 Å². The fourth-order valence-electron chi connectivity index (χ4n) is 5.17. The number of hydrogen-bond acceptors (Lipinski definition) is 8. The lowest BCUT2D eigenvalue weighted by Gasteiger charge is -2.32. The minimum Gasteiger partial charge on any atom is -0.495 e. The van der Waals surface area contributed by atoms with Gasteiger partial charge >= 0.3 is 11.9 Å². The summed E-state index contributed by atoms with van der Waals surface area (Å²) in [5.41, 5.74) is 0.928. The highest BCUT2D eigenvalue weighted by Gasteiger charge is 2.37. The van der Waals surface area contributed by atoms with Gasteiger partial charge in [0.15, 0.2) is 6.10 Å². The maximum Gasteiger partial charge on any atom is 0.347 e. The number of aliphatic hydroxyl groups is 1. The van der Waals surface area contributed by atoms with Gasteiger partial charge in [0, 0.05) is 31.7 Å². The average molecular weight is 706 g/mol. The Morgan fingerprint density at radius 1 is 1.04 bits per heavy atom. The first-order chi connectivity index (χ1) is 22.6. The fourth-order valence-corrected chi connectivity index (χ4v) is 5.83. The van der Waals surface area contributed by atoms with Crippen LogP contribution in [0.3, 0.4) is 0 Å². The lowest BCUT2D eigenvalue weighted by atomic mass is 9.88. The number of halogens is 2. The molecule has 12 heteroatoms. The van der Waals surface area contributed by atoms with Gasteiger partial charge in [-0.2, -0.15) is 0 Å². The van der Waals surface area contributed by atoms with Crippen molar-refractivity contribution < 1.29 is 38.5 Å². The van der Waals surface area contributed by atoms with Crippen molar-refractivity contribution in [3.8, 4) is 5.75 Å². The molecule has 2 amide bonds. The number of ether oxygens (including phenoxy) is 3. The van der Waals surface area contributed by atoms with Gasteiger partial charge in [-0.1, -0.05) is 88.7 Å². The molecule has 0 aliphatic carbocycles. The Bertz CT molecular complexity index is 1450. The predicted octanol–water partition coefficient (Wildman–Crippen LogP) is 5.33. The highest BCUT2D eigenvalue weighted by atomic mass is 35.5. The van der Waals surface area contributed by atoms with Crippen LogP contribution in [0.1, 0.15) is 64.0 Å². The van der Waals surface area contributed by atoms with Crippen LogP contribution >= 0.6 is 23.2 Å². The van der Waals surface area contributed by atoms with E-state index in [9.17, 15) is 24.3 Å². The van der Waals surface area contributed by atoms with Gasteiger partial charge in [-0.25, -0.2) is 4.79 Å². The molecule has 0 spiro atoms. The number of carbonyl (C=O) groups is 4. The molecule has 1 heterocycles. The van der Waals surface area contributed by atoms with E-state index in [2.05, 4.69) is 10.6 Å². The summed E-state index contributed by atoms with van der Waals surface area (Å²) in [6.45, 7) is 8.85. The third-order valence-corrected chi connectivity index (χ3v) is 8.85. The Kier molecular flexibility index (Phi) is 14.3. The zero-order valence-electron chi connectivity index (χ0n) is 28.2. The molecule has 0 aromatic heterocycles. The lowest BCUT2D eigenvalue weighted by Crippen LogP contribution is -2.49. The van der Waals surface area contributed by atoms with Gasteiger partial charge in [-0.05, 0) is 34.8 Å². The molecule has 0 radical (unpaired) electrons. The quantitative estimate of drug-likeness (QED) is 0.248. The van der Waals surface area contributed by atoms with Gasteiger partial charge in [0.2, 0.25) is 11.8 Å². The van der Waals surface area contributed by atoms with E-state index < -0.39 is 70.7 Å². The Balaban J connectivity index is 1.94. The summed E-state index contributed by atoms with van der Waals surface area (Å²) in [4.78, 5) is 53.3. The van der Waals surface area contributed by atoms with E-state index in [0.717, 1.165) is 0 Å². The normalized spacial score (nSPS) is 23.6. The van der Waals surface area contributed by atoms with Crippen LogP contribution in [0.4, 0.5) is 0 Å². The zero-order chi connectivity index (χ0) is 35.6. The molecular weight excluding hydrogens is 659 g/mol. The van der Waals surface area contributed by atoms with Crippen molar-refractivity contribution in [1.82, 2.24) is 10.6 Å². The molecule has 1 aliphatic rings. The highest BCUT2D eigenvalue weighted by molar-refractivity contribution is 6.32. The molecular formula is C36H46Cl2N2O8. The Morgan fingerprint density at radius 3 is 2.35 bits per heavy atom. The number of carbonyl (C=O) groups excluding carboxylic acids is 4. The van der Waals surface area contributed by atoms with E-state index in [-0.39, 0.29) is 25.8 Å². The number of cyclic esters (lactones) is 2. The van der Waals surface area contributed by atoms with E-state index >= 15 is 0 Å². The molecule has 262 valence electrons. The largest absolute Gasteiger partial charge is 0.495 e. The van der Waals surface area contributed by atoms with E-state index in [0.29, 0.717) is 21.9 Å². The van der Waals surface area contributed by atoms with Crippen molar-refractivity contribution in [2.75, 3.05) is 13.7 Å². The van der Waals surface area contributed by atoms with Crippen LogP contribution in [0.25, 0.3) is 0 Å². The SMILES string of the molecule is COc1ccc(CC2NC(=O)C=CCC(C(C)C(O)C(Cl)c3ccccc3)OC(=O)C(CC(C)(C)C)OC(=O)C(C)CNC2=O)cc1Cl. The third-order valence-electron chi connectivity index (χ3n) is 8.04. The Morgan fingerprint density at radius 2 is 1.73 bits per heavy atom. The van der Waals surface area contributed by atoms with E-state index in [1.807, 2.05) is 26.8 Å². The van der Waals surface area contributed by atoms with Gasteiger partial charge in [0.25, 0.3) is 0 Å². The van der Waals surface area contributed by atoms with Crippen molar-refractivity contribution in [1.29, 1.82) is 0 Å². The molecule has 1 aliphatic heterocycles. The van der Waals surface area contributed by atoms with Crippen LogP contribution in [0.2, 0.25) is 5.02 Å². The van der Waals surface area contributed by atoms with E-state index in [1.54, 1.807) is 56.3 Å². The monoisotopic (exact) mass is 704 g/mol. The third kappa shape index (κ3) is 11.5. The molecule has 3 rings (SSSR count).